The van der Waals surface area contributed by atoms with Crippen LogP contribution in [0.2, 0.25) is 0 Å². The van der Waals surface area contributed by atoms with Crippen LogP contribution in [0.25, 0.3) is 0 Å². The molecule has 0 aromatic heterocycles. The lowest BCUT2D eigenvalue weighted by Crippen LogP contribution is -2.18. The minimum Gasteiger partial charge on any atom is -0.497 e. The van der Waals surface area contributed by atoms with Crippen LogP contribution in [0, 0.1) is 5.82 Å². The molecule has 2 aromatic carbocycles. The van der Waals surface area contributed by atoms with Gasteiger partial charge in [-0.2, -0.15) is 13.5 Å². The fourth-order valence-corrected chi connectivity index (χ4v) is 2.32. The molecule has 0 spiro atoms. The maximum atomic E-state index is 12.8. The number of nitrogens with zero attached hydrogens (tertiary/aromatic N) is 1. The number of hydrogen-bond acceptors (Lipinski definition) is 4. The number of halogens is 1. The van der Waals surface area contributed by atoms with Gasteiger partial charge in [0, 0.05) is 0 Å². The summed E-state index contributed by atoms with van der Waals surface area (Å²) >= 11 is 0. The van der Waals surface area contributed by atoms with Crippen LogP contribution in [0.15, 0.2) is 58.5 Å². The van der Waals surface area contributed by atoms with Gasteiger partial charge in [0.25, 0.3) is 10.0 Å². The molecule has 0 bridgehead atoms. The second-order valence-corrected chi connectivity index (χ2v) is 5.74. The standard InChI is InChI=1S/C14H13FN2O3S/c1-20-13-6-2-11(3-7-13)10-16-17-21(18,19)14-8-4-12(15)5-9-14/h2-10,17H,1H3/b16-10+. The van der Waals surface area contributed by atoms with Gasteiger partial charge in [-0.25, -0.2) is 9.22 Å². The molecule has 21 heavy (non-hydrogen) atoms. The van der Waals surface area contributed by atoms with Crippen molar-refractivity contribution >= 4 is 16.2 Å². The van der Waals surface area contributed by atoms with Crippen molar-refractivity contribution in [1.29, 1.82) is 0 Å². The molecule has 5 nitrogen and oxygen atoms in total. The van der Waals surface area contributed by atoms with Gasteiger partial charge in [-0.3, -0.25) is 0 Å². The molecule has 0 fully saturated rings. The molecule has 0 heterocycles. The van der Waals surface area contributed by atoms with Crippen LogP contribution in [0.3, 0.4) is 0 Å². The van der Waals surface area contributed by atoms with Gasteiger partial charge in [0.1, 0.15) is 11.6 Å². The summed E-state index contributed by atoms with van der Waals surface area (Å²) in [5, 5.41) is 3.67. The third-order valence-corrected chi connectivity index (χ3v) is 3.86. The second-order valence-electron chi connectivity index (χ2n) is 4.08. The van der Waals surface area contributed by atoms with Crippen molar-refractivity contribution in [2.24, 2.45) is 5.10 Å². The molecular formula is C14H13FN2O3S. The van der Waals surface area contributed by atoms with E-state index in [1.807, 2.05) is 0 Å². The van der Waals surface area contributed by atoms with Crippen molar-refractivity contribution in [3.05, 3.63) is 59.9 Å². The Labute approximate surface area is 122 Å². The predicted molar refractivity (Wildman–Crippen MR) is 77.3 cm³/mol. The van der Waals surface area contributed by atoms with E-state index in [0.29, 0.717) is 11.3 Å². The van der Waals surface area contributed by atoms with Crippen LogP contribution < -0.4 is 9.57 Å². The van der Waals surface area contributed by atoms with Crippen molar-refractivity contribution in [2.45, 2.75) is 4.90 Å². The normalized spacial score (nSPS) is 11.5. The molecule has 0 atom stereocenters. The summed E-state index contributed by atoms with van der Waals surface area (Å²) in [7, 11) is -2.24. The summed E-state index contributed by atoms with van der Waals surface area (Å²) in [6.45, 7) is 0. The Balaban J connectivity index is 2.06. The van der Waals surface area contributed by atoms with Gasteiger partial charge in [-0.1, -0.05) is 0 Å². The van der Waals surface area contributed by atoms with Crippen molar-refractivity contribution in [3.63, 3.8) is 0 Å². The zero-order valence-corrected chi connectivity index (χ0v) is 12.0. The second kappa shape index (κ2) is 6.36. The number of nitrogens with one attached hydrogen (secondary N) is 1. The highest BCUT2D eigenvalue weighted by Gasteiger charge is 2.12. The van der Waals surface area contributed by atoms with Gasteiger partial charge < -0.3 is 4.74 Å². The number of methoxy groups -OCH3 is 1. The first-order valence-electron chi connectivity index (χ1n) is 5.96. The van der Waals surface area contributed by atoms with Crippen molar-refractivity contribution in [3.8, 4) is 5.75 Å². The molecule has 0 saturated heterocycles. The number of ether oxygens (including phenoxy) is 1. The van der Waals surface area contributed by atoms with Gasteiger partial charge >= 0.3 is 0 Å². The molecular weight excluding hydrogens is 295 g/mol. The first kappa shape index (κ1) is 15.0. The number of sulfonamides is 1. The Morgan fingerprint density at radius 1 is 1.10 bits per heavy atom. The molecule has 2 aromatic rings. The fourth-order valence-electron chi connectivity index (χ4n) is 1.53. The van der Waals surface area contributed by atoms with E-state index in [1.54, 1.807) is 31.4 Å². The number of rotatable bonds is 5. The lowest BCUT2D eigenvalue weighted by molar-refractivity contribution is 0.415. The Morgan fingerprint density at radius 2 is 1.71 bits per heavy atom. The summed E-state index contributed by atoms with van der Waals surface area (Å²) in [5.41, 5.74) is 0.706. The minimum absolute atomic E-state index is 0.0595. The lowest BCUT2D eigenvalue weighted by Gasteiger charge is -2.03. The monoisotopic (exact) mass is 308 g/mol. The van der Waals surface area contributed by atoms with E-state index in [0.717, 1.165) is 12.1 Å². The van der Waals surface area contributed by atoms with Gasteiger partial charge in [0.2, 0.25) is 0 Å². The molecule has 0 saturated carbocycles. The highest BCUT2D eigenvalue weighted by atomic mass is 32.2. The maximum absolute atomic E-state index is 12.8. The third-order valence-electron chi connectivity index (χ3n) is 2.63. The first-order chi connectivity index (χ1) is 10.0. The molecule has 1 N–H and O–H groups in total. The van der Waals surface area contributed by atoms with Crippen LogP contribution >= 0.6 is 0 Å². The van der Waals surface area contributed by atoms with Crippen LogP contribution in [-0.4, -0.2) is 21.7 Å². The highest BCUT2D eigenvalue weighted by molar-refractivity contribution is 7.89. The highest BCUT2D eigenvalue weighted by Crippen LogP contribution is 2.11. The Hall–Kier alpha value is -2.41. The average Bonchev–Trinajstić information content (AvgIpc) is 2.48. The van der Waals surface area contributed by atoms with E-state index in [9.17, 15) is 12.8 Å². The first-order valence-corrected chi connectivity index (χ1v) is 7.44. The topological polar surface area (TPSA) is 67.8 Å². The van der Waals surface area contributed by atoms with E-state index in [2.05, 4.69) is 9.93 Å². The van der Waals surface area contributed by atoms with Gasteiger partial charge in [0.15, 0.2) is 0 Å². The van der Waals surface area contributed by atoms with Crippen LogP contribution in [-0.2, 0) is 10.0 Å². The Kier molecular flexibility index (Phi) is 4.54. The fraction of sp³-hybridized carbons (Fsp3) is 0.0714. The summed E-state index contributed by atoms with van der Waals surface area (Å²) in [5.74, 6) is 0.190. The van der Waals surface area contributed by atoms with E-state index < -0.39 is 15.8 Å². The smallest absolute Gasteiger partial charge is 0.276 e. The van der Waals surface area contributed by atoms with Crippen molar-refractivity contribution < 1.29 is 17.5 Å². The van der Waals surface area contributed by atoms with E-state index in [1.165, 1.54) is 18.3 Å². The summed E-state index contributed by atoms with van der Waals surface area (Å²) in [6.07, 6.45) is 1.36. The Bertz CT molecular complexity index is 726. The van der Waals surface area contributed by atoms with E-state index in [-0.39, 0.29) is 4.90 Å². The van der Waals surface area contributed by atoms with Crippen molar-refractivity contribution in [2.75, 3.05) is 7.11 Å². The summed E-state index contributed by atoms with van der Waals surface area (Å²) in [6, 6.07) is 11.4. The lowest BCUT2D eigenvalue weighted by atomic mass is 10.2. The molecule has 7 heteroatoms. The molecule has 0 aliphatic heterocycles. The third kappa shape index (κ3) is 4.03. The summed E-state index contributed by atoms with van der Waals surface area (Å²) in [4.78, 5) is 2.00. The summed E-state index contributed by atoms with van der Waals surface area (Å²) < 4.78 is 41.5. The Morgan fingerprint density at radius 3 is 2.29 bits per heavy atom. The number of benzene rings is 2. The van der Waals surface area contributed by atoms with E-state index in [4.69, 9.17) is 4.74 Å². The van der Waals surface area contributed by atoms with Crippen molar-refractivity contribution in [1.82, 2.24) is 4.83 Å². The maximum Gasteiger partial charge on any atom is 0.276 e. The number of hydrazone groups is 1. The molecule has 2 rings (SSSR count). The average molecular weight is 308 g/mol. The van der Waals surface area contributed by atoms with Gasteiger partial charge in [-0.05, 0) is 54.1 Å². The molecule has 0 aliphatic rings. The number of hydrogen-bond donors (Lipinski definition) is 1. The zero-order chi connectivity index (χ0) is 15.3. The molecule has 0 radical (unpaired) electrons. The van der Waals surface area contributed by atoms with E-state index >= 15 is 0 Å². The molecule has 0 amide bonds. The van der Waals surface area contributed by atoms with Crippen LogP contribution in [0.4, 0.5) is 4.39 Å². The zero-order valence-electron chi connectivity index (χ0n) is 11.2. The van der Waals surface area contributed by atoms with Crippen LogP contribution in [0.1, 0.15) is 5.56 Å². The van der Waals surface area contributed by atoms with Gasteiger partial charge in [-0.15, -0.1) is 0 Å². The molecule has 110 valence electrons. The van der Waals surface area contributed by atoms with Gasteiger partial charge in [0.05, 0.1) is 18.2 Å². The molecule has 0 unspecified atom stereocenters. The van der Waals surface area contributed by atoms with Crippen LogP contribution in [0.5, 0.6) is 5.75 Å². The quantitative estimate of drug-likeness (QED) is 0.680. The largest absolute Gasteiger partial charge is 0.497 e. The SMILES string of the molecule is COc1ccc(/C=N/NS(=O)(=O)c2ccc(F)cc2)cc1. The molecule has 0 aliphatic carbocycles. The minimum atomic E-state index is -3.80. The predicted octanol–water partition coefficient (Wildman–Crippen LogP) is 2.15.